The van der Waals surface area contributed by atoms with Crippen molar-refractivity contribution in [3.63, 3.8) is 0 Å². The van der Waals surface area contributed by atoms with Gasteiger partial charge in [0.2, 0.25) is 0 Å². The first-order chi connectivity index (χ1) is 7.63. The Balaban J connectivity index is 1.89. The average Bonchev–Trinajstić information content (AvgIpc) is 2.60. The van der Waals surface area contributed by atoms with Gasteiger partial charge in [-0.1, -0.05) is 36.2 Å². The molecule has 1 aromatic rings. The molecule has 1 fully saturated rings. The molecular weight excluding hydrogens is 194 g/mol. The second kappa shape index (κ2) is 5.01. The van der Waals surface area contributed by atoms with Crippen LogP contribution in [0, 0.1) is 19.8 Å². The van der Waals surface area contributed by atoms with Crippen molar-refractivity contribution in [3.05, 3.63) is 34.9 Å². The number of hydrogen-bond donors (Lipinski definition) is 1. The van der Waals surface area contributed by atoms with Crippen molar-refractivity contribution in [2.75, 3.05) is 0 Å². The summed E-state index contributed by atoms with van der Waals surface area (Å²) in [6.07, 6.45) is 4.10. The summed E-state index contributed by atoms with van der Waals surface area (Å²) >= 11 is 0. The van der Waals surface area contributed by atoms with Crippen LogP contribution in [0.25, 0.3) is 0 Å². The lowest BCUT2D eigenvalue weighted by atomic mass is 10.1. The van der Waals surface area contributed by atoms with Gasteiger partial charge < -0.3 is 5.32 Å². The Kier molecular flexibility index (Phi) is 3.65. The molecule has 0 spiro atoms. The Hall–Kier alpha value is -0.820. The molecule has 0 aliphatic heterocycles. The van der Waals surface area contributed by atoms with Crippen LogP contribution in [-0.4, -0.2) is 6.04 Å². The fraction of sp³-hybridized carbons (Fsp3) is 0.600. The first kappa shape index (κ1) is 11.7. The zero-order valence-corrected chi connectivity index (χ0v) is 10.7. The van der Waals surface area contributed by atoms with Crippen LogP contribution in [0.4, 0.5) is 0 Å². The first-order valence-electron chi connectivity index (χ1n) is 6.44. The van der Waals surface area contributed by atoms with Gasteiger partial charge >= 0.3 is 0 Å². The second-order valence-corrected chi connectivity index (χ2v) is 5.49. The van der Waals surface area contributed by atoms with Crippen LogP contribution in [0.5, 0.6) is 0 Å². The summed E-state index contributed by atoms with van der Waals surface area (Å²) in [7, 11) is 0. The smallest absolute Gasteiger partial charge is 0.0208 e. The molecule has 1 aromatic carbocycles. The van der Waals surface area contributed by atoms with Gasteiger partial charge in [0.25, 0.3) is 0 Å². The van der Waals surface area contributed by atoms with Gasteiger partial charge in [0.15, 0.2) is 0 Å². The Morgan fingerprint density at radius 1 is 1.12 bits per heavy atom. The highest BCUT2D eigenvalue weighted by Gasteiger charge is 2.20. The van der Waals surface area contributed by atoms with Gasteiger partial charge in [0, 0.05) is 12.6 Å². The van der Waals surface area contributed by atoms with E-state index in [1.54, 1.807) is 0 Å². The standard InChI is InChI=1S/C15H23N/c1-11-4-5-15(9-11)16-10-14-7-12(2)6-13(3)8-14/h6-8,11,15-16H,4-5,9-10H2,1-3H3. The van der Waals surface area contributed by atoms with Crippen LogP contribution in [0.2, 0.25) is 0 Å². The van der Waals surface area contributed by atoms with Crippen molar-refractivity contribution in [2.24, 2.45) is 5.92 Å². The van der Waals surface area contributed by atoms with Crippen molar-refractivity contribution in [1.29, 1.82) is 0 Å². The van der Waals surface area contributed by atoms with E-state index in [4.69, 9.17) is 0 Å². The number of nitrogens with one attached hydrogen (secondary N) is 1. The quantitative estimate of drug-likeness (QED) is 0.816. The lowest BCUT2D eigenvalue weighted by molar-refractivity contribution is 0.502. The molecule has 1 nitrogen and oxygen atoms in total. The lowest BCUT2D eigenvalue weighted by Crippen LogP contribution is -2.25. The number of aryl methyl sites for hydroxylation is 2. The third-order valence-electron chi connectivity index (χ3n) is 3.57. The summed E-state index contributed by atoms with van der Waals surface area (Å²) in [4.78, 5) is 0. The largest absolute Gasteiger partial charge is 0.310 e. The summed E-state index contributed by atoms with van der Waals surface area (Å²) in [6, 6.07) is 7.56. The third-order valence-corrected chi connectivity index (χ3v) is 3.57. The zero-order chi connectivity index (χ0) is 11.5. The fourth-order valence-corrected chi connectivity index (χ4v) is 2.83. The SMILES string of the molecule is Cc1cc(C)cc(CNC2CCC(C)C2)c1. The van der Waals surface area contributed by atoms with E-state index in [-0.39, 0.29) is 0 Å². The molecule has 88 valence electrons. The molecule has 1 N–H and O–H groups in total. The van der Waals surface area contributed by atoms with E-state index in [1.807, 2.05) is 0 Å². The molecule has 16 heavy (non-hydrogen) atoms. The molecular formula is C15H23N. The van der Waals surface area contributed by atoms with Gasteiger partial charge in [-0.05, 0) is 44.6 Å². The maximum Gasteiger partial charge on any atom is 0.0208 e. The third kappa shape index (κ3) is 3.08. The van der Waals surface area contributed by atoms with Gasteiger partial charge in [-0.25, -0.2) is 0 Å². The van der Waals surface area contributed by atoms with E-state index in [9.17, 15) is 0 Å². The highest BCUT2D eigenvalue weighted by molar-refractivity contribution is 5.28. The molecule has 0 radical (unpaired) electrons. The molecule has 0 bridgehead atoms. The maximum atomic E-state index is 3.68. The molecule has 0 saturated heterocycles. The minimum Gasteiger partial charge on any atom is -0.310 e. The maximum absolute atomic E-state index is 3.68. The van der Waals surface area contributed by atoms with Crippen LogP contribution >= 0.6 is 0 Å². The number of benzene rings is 1. The van der Waals surface area contributed by atoms with E-state index >= 15 is 0 Å². The van der Waals surface area contributed by atoms with Crippen molar-refractivity contribution < 1.29 is 0 Å². The molecule has 0 heterocycles. The van der Waals surface area contributed by atoms with Gasteiger partial charge in [-0.3, -0.25) is 0 Å². The summed E-state index contributed by atoms with van der Waals surface area (Å²) in [5.41, 5.74) is 4.17. The minimum absolute atomic E-state index is 0.746. The van der Waals surface area contributed by atoms with E-state index in [1.165, 1.54) is 36.0 Å². The van der Waals surface area contributed by atoms with Crippen molar-refractivity contribution >= 4 is 0 Å². The first-order valence-corrected chi connectivity index (χ1v) is 6.44. The molecule has 1 saturated carbocycles. The van der Waals surface area contributed by atoms with Crippen LogP contribution < -0.4 is 5.32 Å². The molecule has 2 rings (SSSR count). The van der Waals surface area contributed by atoms with Crippen molar-refractivity contribution in [1.82, 2.24) is 5.32 Å². The van der Waals surface area contributed by atoms with Gasteiger partial charge in [0.05, 0.1) is 0 Å². The predicted molar refractivity (Wildman–Crippen MR) is 69.6 cm³/mol. The minimum atomic E-state index is 0.746. The lowest BCUT2D eigenvalue weighted by Gasteiger charge is -2.13. The monoisotopic (exact) mass is 217 g/mol. The van der Waals surface area contributed by atoms with Crippen LogP contribution in [0.1, 0.15) is 42.9 Å². The Bertz CT molecular complexity index is 336. The van der Waals surface area contributed by atoms with E-state index in [0.717, 1.165) is 18.5 Å². The van der Waals surface area contributed by atoms with Gasteiger partial charge in [-0.15, -0.1) is 0 Å². The van der Waals surface area contributed by atoms with E-state index in [2.05, 4.69) is 44.3 Å². The van der Waals surface area contributed by atoms with E-state index < -0.39 is 0 Å². The fourth-order valence-electron chi connectivity index (χ4n) is 2.83. The average molecular weight is 217 g/mol. The van der Waals surface area contributed by atoms with Crippen LogP contribution in [-0.2, 0) is 6.54 Å². The van der Waals surface area contributed by atoms with Crippen LogP contribution in [0.15, 0.2) is 18.2 Å². The van der Waals surface area contributed by atoms with E-state index in [0.29, 0.717) is 0 Å². The highest BCUT2D eigenvalue weighted by atomic mass is 14.9. The normalized spacial score (nSPS) is 24.9. The Labute approximate surface area is 99.3 Å². The second-order valence-electron chi connectivity index (χ2n) is 5.49. The van der Waals surface area contributed by atoms with Gasteiger partial charge in [0.1, 0.15) is 0 Å². The Morgan fingerprint density at radius 3 is 2.38 bits per heavy atom. The van der Waals surface area contributed by atoms with Crippen LogP contribution in [0.3, 0.4) is 0 Å². The molecule has 0 aromatic heterocycles. The molecule has 1 aliphatic rings. The predicted octanol–water partition coefficient (Wildman–Crippen LogP) is 3.58. The van der Waals surface area contributed by atoms with Gasteiger partial charge in [-0.2, -0.15) is 0 Å². The molecule has 1 heteroatoms. The Morgan fingerprint density at radius 2 is 1.81 bits per heavy atom. The summed E-state index contributed by atoms with van der Waals surface area (Å²) < 4.78 is 0. The molecule has 2 atom stereocenters. The molecule has 0 amide bonds. The number of rotatable bonds is 3. The highest BCUT2D eigenvalue weighted by Crippen LogP contribution is 2.24. The van der Waals surface area contributed by atoms with Crippen molar-refractivity contribution in [2.45, 2.75) is 52.6 Å². The summed E-state index contributed by atoms with van der Waals surface area (Å²) in [6.45, 7) is 7.74. The summed E-state index contributed by atoms with van der Waals surface area (Å²) in [5, 5.41) is 3.68. The summed E-state index contributed by atoms with van der Waals surface area (Å²) in [5.74, 6) is 0.914. The topological polar surface area (TPSA) is 12.0 Å². The zero-order valence-electron chi connectivity index (χ0n) is 10.7. The number of hydrogen-bond acceptors (Lipinski definition) is 1. The molecule has 1 aliphatic carbocycles. The molecule has 2 unspecified atom stereocenters. The van der Waals surface area contributed by atoms with Crippen molar-refractivity contribution in [3.8, 4) is 0 Å².